The number of ketones is 1. The Balaban J connectivity index is 1.59. The number of anilines is 1. The highest BCUT2D eigenvalue weighted by Crippen LogP contribution is 2.33. The molecular formula is C16H20N6OS. The van der Waals surface area contributed by atoms with Crippen molar-refractivity contribution in [1.82, 2.24) is 24.3 Å². The van der Waals surface area contributed by atoms with E-state index in [9.17, 15) is 4.79 Å². The third-order valence-corrected chi connectivity index (χ3v) is 5.85. The first-order chi connectivity index (χ1) is 11.5. The number of hydrogen-bond donors (Lipinski definition) is 0. The normalized spacial score (nSPS) is 18.5. The van der Waals surface area contributed by atoms with Gasteiger partial charge in [-0.25, -0.2) is 14.6 Å². The third-order valence-electron chi connectivity index (χ3n) is 4.64. The number of carbonyl (C=O) groups is 1. The van der Waals surface area contributed by atoms with Gasteiger partial charge in [-0.1, -0.05) is 11.3 Å². The fourth-order valence-corrected chi connectivity index (χ4v) is 4.43. The summed E-state index contributed by atoms with van der Waals surface area (Å²) in [5.74, 6) is 0.656. The van der Waals surface area contributed by atoms with Gasteiger partial charge in [-0.3, -0.25) is 4.79 Å². The lowest BCUT2D eigenvalue weighted by molar-refractivity contribution is 0.0893. The average Bonchev–Trinajstić information content (AvgIpc) is 3.25. The number of aromatic nitrogens is 5. The summed E-state index contributed by atoms with van der Waals surface area (Å²) in [6.07, 6.45) is 5.40. The van der Waals surface area contributed by atoms with Crippen molar-refractivity contribution in [2.75, 3.05) is 18.0 Å². The number of fused-ring (bicyclic) bond motifs is 1. The molecule has 7 nitrogen and oxygen atoms in total. The highest BCUT2D eigenvalue weighted by molar-refractivity contribution is 7.22. The van der Waals surface area contributed by atoms with Crippen LogP contribution >= 0.6 is 11.3 Å². The lowest BCUT2D eigenvalue weighted by Crippen LogP contribution is -2.39. The van der Waals surface area contributed by atoms with Crippen molar-refractivity contribution in [1.29, 1.82) is 0 Å². The van der Waals surface area contributed by atoms with E-state index in [2.05, 4.69) is 15.0 Å². The lowest BCUT2D eigenvalue weighted by Gasteiger charge is -2.31. The maximum Gasteiger partial charge on any atom is 0.203 e. The molecule has 0 aliphatic carbocycles. The van der Waals surface area contributed by atoms with Crippen LogP contribution in [0.2, 0.25) is 0 Å². The minimum absolute atomic E-state index is 0.0221. The number of piperidine rings is 1. The smallest absolute Gasteiger partial charge is 0.203 e. The first-order valence-electron chi connectivity index (χ1n) is 8.11. The van der Waals surface area contributed by atoms with Gasteiger partial charge in [0.15, 0.2) is 16.6 Å². The van der Waals surface area contributed by atoms with Gasteiger partial charge in [0.1, 0.15) is 0 Å². The number of rotatable bonds is 3. The molecule has 0 aromatic carbocycles. The second kappa shape index (κ2) is 5.70. The van der Waals surface area contributed by atoms with Crippen LogP contribution in [0.1, 0.15) is 29.2 Å². The minimum atomic E-state index is -0.0221. The number of hydrogen-bond acceptors (Lipinski definition) is 6. The SMILES string of the molecule is Cc1nn(C)c2nc(N3CCC[C@@H](C(=O)c4nccn4C)C3)sc12. The molecule has 1 saturated heterocycles. The van der Waals surface area contributed by atoms with E-state index in [1.807, 2.05) is 31.9 Å². The van der Waals surface area contributed by atoms with Crippen molar-refractivity contribution in [3.05, 3.63) is 23.9 Å². The predicted octanol–water partition coefficient (Wildman–Crippen LogP) is 2.17. The Kier molecular flexibility index (Phi) is 3.64. The van der Waals surface area contributed by atoms with E-state index >= 15 is 0 Å². The Morgan fingerprint density at radius 2 is 2.21 bits per heavy atom. The maximum absolute atomic E-state index is 12.7. The predicted molar refractivity (Wildman–Crippen MR) is 93.6 cm³/mol. The van der Waals surface area contributed by atoms with Crippen LogP contribution in [-0.4, -0.2) is 43.2 Å². The molecule has 0 N–H and O–H groups in total. The zero-order chi connectivity index (χ0) is 16.8. The zero-order valence-electron chi connectivity index (χ0n) is 14.1. The molecule has 4 rings (SSSR count). The summed E-state index contributed by atoms with van der Waals surface area (Å²) in [6.45, 7) is 3.66. The zero-order valence-corrected chi connectivity index (χ0v) is 14.9. The number of Topliss-reactive ketones (excluding diaryl/α,β-unsaturated/α-hetero) is 1. The molecule has 0 bridgehead atoms. The molecule has 1 aliphatic rings. The summed E-state index contributed by atoms with van der Waals surface area (Å²) in [5, 5.41) is 5.39. The molecule has 1 fully saturated rings. The van der Waals surface area contributed by atoms with Crippen LogP contribution in [0.4, 0.5) is 5.13 Å². The fourth-order valence-electron chi connectivity index (χ4n) is 3.36. The number of imidazole rings is 1. The van der Waals surface area contributed by atoms with E-state index in [1.165, 1.54) is 0 Å². The van der Waals surface area contributed by atoms with E-state index < -0.39 is 0 Å². The molecule has 0 spiro atoms. The Morgan fingerprint density at radius 1 is 1.38 bits per heavy atom. The first kappa shape index (κ1) is 15.3. The maximum atomic E-state index is 12.7. The summed E-state index contributed by atoms with van der Waals surface area (Å²) < 4.78 is 4.75. The van der Waals surface area contributed by atoms with Crippen LogP contribution < -0.4 is 4.90 Å². The largest absolute Gasteiger partial charge is 0.347 e. The van der Waals surface area contributed by atoms with Gasteiger partial charge in [-0.2, -0.15) is 5.10 Å². The standard InChI is InChI=1S/C16H20N6OS/c1-10-13-15(21(3)19-10)18-16(24-13)22-7-4-5-11(9-22)12(23)14-17-6-8-20(14)2/h6,8,11H,4-5,7,9H2,1-3H3/t11-/m1/s1. The Labute approximate surface area is 143 Å². The number of aryl methyl sites for hydroxylation is 3. The third kappa shape index (κ3) is 2.41. The van der Waals surface area contributed by atoms with E-state index in [0.29, 0.717) is 12.4 Å². The Bertz CT molecular complexity index is 873. The highest BCUT2D eigenvalue weighted by atomic mass is 32.1. The van der Waals surface area contributed by atoms with Crippen LogP contribution in [0.3, 0.4) is 0 Å². The van der Waals surface area contributed by atoms with Crippen molar-refractivity contribution in [3.8, 4) is 0 Å². The summed E-state index contributed by atoms with van der Waals surface area (Å²) in [5.41, 5.74) is 1.93. The van der Waals surface area contributed by atoms with Gasteiger partial charge >= 0.3 is 0 Å². The molecule has 3 aromatic heterocycles. The fraction of sp³-hybridized carbons (Fsp3) is 0.500. The molecule has 0 amide bonds. The van der Waals surface area contributed by atoms with Crippen LogP contribution in [0.25, 0.3) is 10.3 Å². The summed E-state index contributed by atoms with van der Waals surface area (Å²) in [6, 6.07) is 0. The van der Waals surface area contributed by atoms with Gasteiger partial charge in [-0.05, 0) is 19.8 Å². The summed E-state index contributed by atoms with van der Waals surface area (Å²) in [7, 11) is 3.78. The molecule has 0 saturated carbocycles. The van der Waals surface area contributed by atoms with Gasteiger partial charge in [0.25, 0.3) is 0 Å². The van der Waals surface area contributed by atoms with Crippen LogP contribution in [-0.2, 0) is 14.1 Å². The van der Waals surface area contributed by atoms with Gasteiger partial charge < -0.3 is 9.47 Å². The number of carbonyl (C=O) groups excluding carboxylic acids is 1. The quantitative estimate of drug-likeness (QED) is 0.681. The van der Waals surface area contributed by atoms with Crippen molar-refractivity contribution < 1.29 is 4.79 Å². The minimum Gasteiger partial charge on any atom is -0.347 e. The molecule has 0 radical (unpaired) electrons. The molecule has 1 aliphatic heterocycles. The van der Waals surface area contributed by atoms with E-state index in [0.717, 1.165) is 40.6 Å². The van der Waals surface area contributed by atoms with E-state index in [-0.39, 0.29) is 11.7 Å². The molecule has 4 heterocycles. The second-order valence-electron chi connectivity index (χ2n) is 6.37. The van der Waals surface area contributed by atoms with Gasteiger partial charge in [-0.15, -0.1) is 0 Å². The molecule has 126 valence electrons. The first-order valence-corrected chi connectivity index (χ1v) is 8.93. The second-order valence-corrected chi connectivity index (χ2v) is 7.35. The van der Waals surface area contributed by atoms with Crippen LogP contribution in [0, 0.1) is 12.8 Å². The van der Waals surface area contributed by atoms with Crippen molar-refractivity contribution in [2.24, 2.45) is 20.0 Å². The van der Waals surface area contributed by atoms with Crippen LogP contribution in [0.5, 0.6) is 0 Å². The molecule has 0 unspecified atom stereocenters. The Morgan fingerprint density at radius 3 is 2.92 bits per heavy atom. The van der Waals surface area contributed by atoms with Crippen molar-refractivity contribution in [2.45, 2.75) is 19.8 Å². The monoisotopic (exact) mass is 344 g/mol. The number of nitrogens with zero attached hydrogens (tertiary/aromatic N) is 6. The van der Waals surface area contributed by atoms with Gasteiger partial charge in [0.2, 0.25) is 5.78 Å². The molecule has 1 atom stereocenters. The van der Waals surface area contributed by atoms with Crippen molar-refractivity contribution in [3.63, 3.8) is 0 Å². The summed E-state index contributed by atoms with van der Waals surface area (Å²) in [4.78, 5) is 23.9. The topological polar surface area (TPSA) is 68.8 Å². The molecule has 8 heteroatoms. The Hall–Kier alpha value is -2.22. The summed E-state index contributed by atoms with van der Waals surface area (Å²) >= 11 is 1.66. The molecular weight excluding hydrogens is 324 g/mol. The average molecular weight is 344 g/mol. The van der Waals surface area contributed by atoms with Gasteiger partial charge in [0.05, 0.1) is 10.4 Å². The molecule has 24 heavy (non-hydrogen) atoms. The highest BCUT2D eigenvalue weighted by Gasteiger charge is 2.30. The van der Waals surface area contributed by atoms with Crippen LogP contribution in [0.15, 0.2) is 12.4 Å². The number of thiazole rings is 1. The lowest BCUT2D eigenvalue weighted by atomic mass is 9.93. The van der Waals surface area contributed by atoms with E-state index in [4.69, 9.17) is 4.98 Å². The molecule has 3 aromatic rings. The van der Waals surface area contributed by atoms with Crippen molar-refractivity contribution >= 4 is 32.6 Å². The van der Waals surface area contributed by atoms with E-state index in [1.54, 1.807) is 22.1 Å². The van der Waals surface area contributed by atoms with Gasteiger partial charge in [0, 0.05) is 45.5 Å².